The van der Waals surface area contributed by atoms with Gasteiger partial charge >= 0.3 is 11.9 Å². The van der Waals surface area contributed by atoms with Crippen LogP contribution in [0.2, 0.25) is 0 Å². The zero-order valence-corrected chi connectivity index (χ0v) is 22.7. The number of ketones is 2. The van der Waals surface area contributed by atoms with E-state index in [1.54, 1.807) is 18.2 Å². The molecule has 11 nitrogen and oxygen atoms in total. The molecule has 6 N–H and O–H groups in total. The first-order chi connectivity index (χ1) is 17.7. The van der Waals surface area contributed by atoms with Gasteiger partial charge in [-0.15, -0.1) is 0 Å². The summed E-state index contributed by atoms with van der Waals surface area (Å²) >= 11 is 0. The maximum absolute atomic E-state index is 13.8. The van der Waals surface area contributed by atoms with Gasteiger partial charge in [-0.05, 0) is 38.5 Å². The number of rotatable bonds is 19. The van der Waals surface area contributed by atoms with Gasteiger partial charge in [-0.1, -0.05) is 44.2 Å². The van der Waals surface area contributed by atoms with E-state index in [1.165, 1.54) is 26.0 Å². The number of unbranched alkanes of at least 4 members (excludes halogenated alkanes) is 2. The van der Waals surface area contributed by atoms with Crippen LogP contribution in [-0.4, -0.2) is 55.8 Å². The summed E-state index contributed by atoms with van der Waals surface area (Å²) in [7, 11) is -4.17. The van der Waals surface area contributed by atoms with Crippen molar-refractivity contribution in [2.45, 2.75) is 89.1 Å². The predicted molar refractivity (Wildman–Crippen MR) is 140 cm³/mol. The highest BCUT2D eigenvalue weighted by atomic mass is 31.2. The van der Waals surface area contributed by atoms with Crippen LogP contribution >= 0.6 is 7.14 Å². The van der Waals surface area contributed by atoms with Crippen molar-refractivity contribution in [2.24, 2.45) is 11.5 Å². The van der Waals surface area contributed by atoms with Gasteiger partial charge < -0.3 is 26.2 Å². The lowest BCUT2D eigenvalue weighted by Crippen LogP contribution is -2.54. The van der Waals surface area contributed by atoms with Crippen LogP contribution in [0.15, 0.2) is 30.3 Å². The summed E-state index contributed by atoms with van der Waals surface area (Å²) < 4.78 is 13.8. The second kappa shape index (κ2) is 14.2. The van der Waals surface area contributed by atoms with Crippen LogP contribution in [0, 0.1) is 0 Å². The van der Waals surface area contributed by atoms with E-state index in [2.05, 4.69) is 0 Å². The molecular formula is C26H37N2O9P. The third-order valence-electron chi connectivity index (χ3n) is 6.78. The molecule has 0 amide bonds. The third-order valence-corrected chi connectivity index (χ3v) is 9.66. The van der Waals surface area contributed by atoms with Gasteiger partial charge in [0, 0.05) is 31.0 Å². The Balaban J connectivity index is 2.85. The number of hydrogen-bond acceptors (Lipinski definition) is 9. The summed E-state index contributed by atoms with van der Waals surface area (Å²) in [5.74, 6) is -4.22. The Morgan fingerprint density at radius 1 is 0.684 bits per heavy atom. The van der Waals surface area contributed by atoms with E-state index < -0.39 is 52.8 Å². The standard InChI is InChI=1S/C26H37N2O9P/c1-3-25(27,23(33)34)19(29)14-8-10-16-21(31)38(37,18-12-6-5-7-13-18)22(32)17-11-9-15-20(30)26(28,4-2)24(35)36/h5-7,12-13H,3-4,8-11,14-17,27-28H2,1-2H3,(H,33,34)(H,35,36). The Morgan fingerprint density at radius 2 is 1.03 bits per heavy atom. The summed E-state index contributed by atoms with van der Waals surface area (Å²) in [6.07, 6.45) is -0.601. The molecule has 2 atom stereocenters. The molecule has 38 heavy (non-hydrogen) atoms. The molecule has 0 spiro atoms. The lowest BCUT2D eigenvalue weighted by Gasteiger charge is -2.21. The maximum Gasteiger partial charge on any atom is 0.331 e. The zero-order valence-electron chi connectivity index (χ0n) is 21.8. The van der Waals surface area contributed by atoms with Gasteiger partial charge in [0.05, 0.1) is 0 Å². The Bertz CT molecular complexity index is 1040. The number of Topliss-reactive ketones (excluding diaryl/α,β-unsaturated/α-hetero) is 2. The number of carbonyl (C=O) groups is 6. The predicted octanol–water partition coefficient (Wildman–Crippen LogP) is 2.37. The van der Waals surface area contributed by atoms with Crippen molar-refractivity contribution in [1.29, 1.82) is 0 Å². The topological polar surface area (TPSA) is 212 Å². The average Bonchev–Trinajstić information content (AvgIpc) is 2.91. The molecule has 0 bridgehead atoms. The number of carboxylic acid groups (broad SMARTS) is 2. The van der Waals surface area contributed by atoms with E-state index in [9.17, 15) is 43.5 Å². The maximum atomic E-state index is 13.8. The van der Waals surface area contributed by atoms with Crippen molar-refractivity contribution < 1.29 is 43.5 Å². The first-order valence-corrected chi connectivity index (χ1v) is 14.3. The Kier molecular flexibility index (Phi) is 12.4. The minimum atomic E-state index is -4.17. The van der Waals surface area contributed by atoms with Crippen LogP contribution in [0.5, 0.6) is 0 Å². The Labute approximate surface area is 221 Å². The van der Waals surface area contributed by atoms with Crippen molar-refractivity contribution >= 4 is 47.0 Å². The third kappa shape index (κ3) is 7.52. The second-order valence-corrected chi connectivity index (χ2v) is 12.0. The van der Waals surface area contributed by atoms with Crippen molar-refractivity contribution in [3.05, 3.63) is 30.3 Å². The van der Waals surface area contributed by atoms with Crippen LogP contribution in [0.3, 0.4) is 0 Å². The molecule has 1 aromatic rings. The largest absolute Gasteiger partial charge is 0.480 e. The molecule has 0 aliphatic rings. The summed E-state index contributed by atoms with van der Waals surface area (Å²) in [5, 5.41) is 18.5. The number of benzene rings is 1. The fraction of sp³-hybridized carbons (Fsp3) is 0.538. The highest BCUT2D eigenvalue weighted by Gasteiger charge is 2.42. The van der Waals surface area contributed by atoms with Gasteiger partial charge in [0.2, 0.25) is 18.2 Å². The van der Waals surface area contributed by atoms with E-state index in [1.807, 2.05) is 0 Å². The van der Waals surface area contributed by atoms with Crippen LogP contribution in [-0.2, 0) is 33.3 Å². The van der Waals surface area contributed by atoms with Crippen LogP contribution in [0.25, 0.3) is 0 Å². The summed E-state index contributed by atoms with van der Waals surface area (Å²) in [6.45, 7) is 2.96. The fourth-order valence-electron chi connectivity index (χ4n) is 3.88. The average molecular weight is 553 g/mol. The molecule has 1 aromatic carbocycles. The Hall–Kier alpha value is -3.01. The summed E-state index contributed by atoms with van der Waals surface area (Å²) in [6, 6.07) is 7.60. The van der Waals surface area contributed by atoms with Crippen molar-refractivity contribution in [1.82, 2.24) is 0 Å². The fourth-order valence-corrected chi connectivity index (χ4v) is 6.28. The molecule has 12 heteroatoms. The van der Waals surface area contributed by atoms with Gasteiger partial charge in [-0.25, -0.2) is 9.59 Å². The lowest BCUT2D eigenvalue weighted by atomic mass is 9.89. The quantitative estimate of drug-likeness (QED) is 0.111. The molecular weight excluding hydrogens is 515 g/mol. The van der Waals surface area contributed by atoms with Crippen molar-refractivity contribution in [2.75, 3.05) is 0 Å². The van der Waals surface area contributed by atoms with Gasteiger partial charge in [0.1, 0.15) is 0 Å². The number of aliphatic carboxylic acids is 2. The summed E-state index contributed by atoms with van der Waals surface area (Å²) in [4.78, 5) is 73.3. The first kappa shape index (κ1) is 33.0. The van der Waals surface area contributed by atoms with E-state index in [0.29, 0.717) is 0 Å². The number of nitrogens with two attached hydrogens (primary N) is 2. The van der Waals surface area contributed by atoms with Gasteiger partial charge in [-0.3, -0.25) is 19.2 Å². The van der Waals surface area contributed by atoms with Crippen molar-refractivity contribution in [3.8, 4) is 0 Å². The second-order valence-electron chi connectivity index (χ2n) is 9.25. The normalized spacial score (nSPS) is 15.9. The highest BCUT2D eigenvalue weighted by Crippen LogP contribution is 2.49. The van der Waals surface area contributed by atoms with Gasteiger partial charge in [-0.2, -0.15) is 0 Å². The molecule has 0 aromatic heterocycles. The van der Waals surface area contributed by atoms with Gasteiger partial charge in [0.15, 0.2) is 22.6 Å². The minimum Gasteiger partial charge on any atom is -0.480 e. The molecule has 0 heterocycles. The zero-order chi connectivity index (χ0) is 29.1. The summed E-state index contributed by atoms with van der Waals surface area (Å²) in [5.41, 5.74) is 5.78. The van der Waals surface area contributed by atoms with E-state index in [4.69, 9.17) is 11.5 Å². The number of carbonyl (C=O) groups excluding carboxylic acids is 4. The molecule has 210 valence electrons. The lowest BCUT2D eigenvalue weighted by molar-refractivity contribution is -0.150. The number of hydrogen-bond donors (Lipinski definition) is 4. The molecule has 0 aliphatic carbocycles. The molecule has 0 saturated heterocycles. The monoisotopic (exact) mass is 552 g/mol. The smallest absolute Gasteiger partial charge is 0.331 e. The van der Waals surface area contributed by atoms with E-state index in [-0.39, 0.29) is 69.5 Å². The van der Waals surface area contributed by atoms with Gasteiger partial charge in [0.25, 0.3) is 0 Å². The van der Waals surface area contributed by atoms with Crippen LogP contribution in [0.1, 0.15) is 78.1 Å². The van der Waals surface area contributed by atoms with E-state index >= 15 is 0 Å². The van der Waals surface area contributed by atoms with Crippen LogP contribution < -0.4 is 16.8 Å². The molecule has 0 aliphatic heterocycles. The molecule has 1 rings (SSSR count). The van der Waals surface area contributed by atoms with Crippen molar-refractivity contribution in [3.63, 3.8) is 0 Å². The molecule has 0 fully saturated rings. The molecule has 0 radical (unpaired) electrons. The molecule has 2 unspecified atom stereocenters. The van der Waals surface area contributed by atoms with E-state index in [0.717, 1.165) is 0 Å². The first-order valence-electron chi connectivity index (χ1n) is 12.5. The Morgan fingerprint density at radius 3 is 1.34 bits per heavy atom. The number of carboxylic acids is 2. The molecule has 0 saturated carbocycles. The van der Waals surface area contributed by atoms with Crippen LogP contribution in [0.4, 0.5) is 0 Å². The highest BCUT2D eigenvalue weighted by molar-refractivity contribution is 7.99. The minimum absolute atomic E-state index is 0.0813. The SMILES string of the molecule is CCC(N)(C(=O)O)C(=O)CCCCC(=O)P(=O)(C(=O)CCCCC(=O)C(N)(CC)C(=O)O)c1ccccc1.